The standard InChI is InChI=1S/C10H11NO.2C2H6/c11-10-4-2-8-5-7(6-12)1-3-9(8)10;2*1-2/h1,3,5-6,10H,2,4,11H2;2*1-2H3. The first kappa shape index (κ1) is 14.8. The van der Waals surface area contributed by atoms with Gasteiger partial charge in [-0.25, -0.2) is 0 Å². The molecule has 0 bridgehead atoms. The maximum Gasteiger partial charge on any atom is 0.150 e. The van der Waals surface area contributed by atoms with Gasteiger partial charge >= 0.3 is 0 Å². The van der Waals surface area contributed by atoms with Crippen molar-refractivity contribution in [1.29, 1.82) is 0 Å². The number of aryl methyl sites for hydroxylation is 1. The number of rotatable bonds is 1. The van der Waals surface area contributed by atoms with E-state index in [4.69, 9.17) is 5.73 Å². The first-order chi connectivity index (χ1) is 7.81. The first-order valence-electron chi connectivity index (χ1n) is 6.15. The van der Waals surface area contributed by atoms with E-state index in [9.17, 15) is 4.79 Å². The van der Waals surface area contributed by atoms with E-state index in [1.807, 2.05) is 45.9 Å². The van der Waals surface area contributed by atoms with Gasteiger partial charge in [0.1, 0.15) is 6.29 Å². The number of aldehydes is 1. The molecule has 2 nitrogen and oxygen atoms in total. The highest BCUT2D eigenvalue weighted by Gasteiger charge is 2.18. The van der Waals surface area contributed by atoms with Gasteiger partial charge in [0.15, 0.2) is 0 Å². The summed E-state index contributed by atoms with van der Waals surface area (Å²) >= 11 is 0. The molecule has 16 heavy (non-hydrogen) atoms. The molecule has 1 atom stereocenters. The van der Waals surface area contributed by atoms with Crippen LogP contribution >= 0.6 is 0 Å². The molecule has 0 saturated carbocycles. The van der Waals surface area contributed by atoms with E-state index in [0.717, 1.165) is 24.7 Å². The van der Waals surface area contributed by atoms with E-state index in [1.165, 1.54) is 11.1 Å². The Morgan fingerprint density at radius 3 is 2.44 bits per heavy atom. The van der Waals surface area contributed by atoms with Crippen LogP contribution < -0.4 is 5.73 Å². The fourth-order valence-electron chi connectivity index (χ4n) is 1.74. The first-order valence-corrected chi connectivity index (χ1v) is 6.15. The van der Waals surface area contributed by atoms with Gasteiger partial charge in [-0.15, -0.1) is 0 Å². The second-order valence-corrected chi connectivity index (χ2v) is 3.22. The number of carbonyl (C=O) groups excluding carboxylic acids is 1. The number of nitrogens with two attached hydrogens (primary N) is 1. The van der Waals surface area contributed by atoms with Crippen LogP contribution in [0.25, 0.3) is 0 Å². The summed E-state index contributed by atoms with van der Waals surface area (Å²) in [5, 5.41) is 0. The van der Waals surface area contributed by atoms with Gasteiger partial charge in [0.2, 0.25) is 0 Å². The maximum absolute atomic E-state index is 10.5. The van der Waals surface area contributed by atoms with Crippen LogP contribution in [0.15, 0.2) is 18.2 Å². The highest BCUT2D eigenvalue weighted by molar-refractivity contribution is 5.75. The molecule has 0 heterocycles. The van der Waals surface area contributed by atoms with Crippen molar-refractivity contribution >= 4 is 6.29 Å². The summed E-state index contributed by atoms with van der Waals surface area (Å²) in [6.45, 7) is 8.00. The topological polar surface area (TPSA) is 43.1 Å². The Kier molecular flexibility index (Phi) is 7.48. The molecule has 0 amide bonds. The predicted octanol–water partition coefficient (Wildman–Crippen LogP) is 3.50. The van der Waals surface area contributed by atoms with Gasteiger partial charge in [-0.3, -0.25) is 4.79 Å². The van der Waals surface area contributed by atoms with Gasteiger partial charge < -0.3 is 5.73 Å². The van der Waals surface area contributed by atoms with E-state index in [1.54, 1.807) is 0 Å². The van der Waals surface area contributed by atoms with Crippen molar-refractivity contribution in [3.63, 3.8) is 0 Å². The van der Waals surface area contributed by atoms with Crippen molar-refractivity contribution in [2.24, 2.45) is 5.73 Å². The van der Waals surface area contributed by atoms with Crippen LogP contribution in [0.2, 0.25) is 0 Å². The van der Waals surface area contributed by atoms with Crippen molar-refractivity contribution in [3.05, 3.63) is 34.9 Å². The van der Waals surface area contributed by atoms with Gasteiger partial charge in [0, 0.05) is 11.6 Å². The largest absolute Gasteiger partial charge is 0.324 e. The van der Waals surface area contributed by atoms with Gasteiger partial charge in [-0.2, -0.15) is 0 Å². The summed E-state index contributed by atoms with van der Waals surface area (Å²) in [4.78, 5) is 10.5. The van der Waals surface area contributed by atoms with Crippen molar-refractivity contribution in [1.82, 2.24) is 0 Å². The lowest BCUT2D eigenvalue weighted by Gasteiger charge is -2.03. The predicted molar refractivity (Wildman–Crippen MR) is 69.8 cm³/mol. The third-order valence-corrected chi connectivity index (χ3v) is 2.43. The Bertz CT molecular complexity index is 321. The van der Waals surface area contributed by atoms with Crippen LogP contribution in [0.3, 0.4) is 0 Å². The lowest BCUT2D eigenvalue weighted by Crippen LogP contribution is -2.04. The molecule has 1 aliphatic rings. The molecule has 1 unspecified atom stereocenters. The van der Waals surface area contributed by atoms with Crippen LogP contribution in [-0.2, 0) is 6.42 Å². The molecule has 0 radical (unpaired) electrons. The lowest BCUT2D eigenvalue weighted by atomic mass is 10.1. The SMILES string of the molecule is CC.CC.NC1CCc2cc(C=O)ccc21. The molecule has 2 rings (SSSR count). The minimum atomic E-state index is 0.181. The number of carbonyl (C=O) groups is 1. The fraction of sp³-hybridized carbons (Fsp3) is 0.500. The Labute approximate surface area is 98.9 Å². The summed E-state index contributed by atoms with van der Waals surface area (Å²) in [6.07, 6.45) is 2.90. The number of hydrogen-bond acceptors (Lipinski definition) is 2. The molecule has 2 heteroatoms. The second kappa shape index (κ2) is 8.05. The van der Waals surface area contributed by atoms with E-state index < -0.39 is 0 Å². The van der Waals surface area contributed by atoms with Gasteiger partial charge in [0.25, 0.3) is 0 Å². The van der Waals surface area contributed by atoms with Crippen LogP contribution in [-0.4, -0.2) is 6.29 Å². The van der Waals surface area contributed by atoms with Crippen molar-refractivity contribution < 1.29 is 4.79 Å². The molecule has 0 aromatic heterocycles. The van der Waals surface area contributed by atoms with Crippen LogP contribution in [0.5, 0.6) is 0 Å². The highest BCUT2D eigenvalue weighted by atomic mass is 16.1. The minimum absolute atomic E-state index is 0.181. The number of benzene rings is 1. The zero-order valence-electron chi connectivity index (χ0n) is 10.8. The molecule has 1 aliphatic carbocycles. The smallest absolute Gasteiger partial charge is 0.150 e. The van der Waals surface area contributed by atoms with Gasteiger partial charge in [-0.1, -0.05) is 39.8 Å². The summed E-state index contributed by atoms with van der Waals surface area (Å²) in [6, 6.07) is 5.92. The normalized spacial score (nSPS) is 16.2. The molecule has 0 aliphatic heterocycles. The molecule has 1 aromatic carbocycles. The zero-order chi connectivity index (χ0) is 12.6. The average molecular weight is 221 g/mol. The molecule has 2 N–H and O–H groups in total. The number of hydrogen-bond donors (Lipinski definition) is 1. The van der Waals surface area contributed by atoms with E-state index in [-0.39, 0.29) is 6.04 Å². The van der Waals surface area contributed by atoms with Crippen molar-refractivity contribution in [2.75, 3.05) is 0 Å². The molecular weight excluding hydrogens is 198 g/mol. The van der Waals surface area contributed by atoms with Gasteiger partial charge in [-0.05, 0) is 30.0 Å². The zero-order valence-corrected chi connectivity index (χ0v) is 10.8. The monoisotopic (exact) mass is 221 g/mol. The Morgan fingerprint density at radius 1 is 1.25 bits per heavy atom. The molecule has 0 saturated heterocycles. The summed E-state index contributed by atoms with van der Waals surface area (Å²) in [7, 11) is 0. The quantitative estimate of drug-likeness (QED) is 0.737. The van der Waals surface area contributed by atoms with Crippen molar-refractivity contribution in [2.45, 2.75) is 46.6 Å². The number of fused-ring (bicyclic) bond motifs is 1. The van der Waals surface area contributed by atoms with E-state index in [0.29, 0.717) is 0 Å². The van der Waals surface area contributed by atoms with E-state index >= 15 is 0 Å². The lowest BCUT2D eigenvalue weighted by molar-refractivity contribution is 0.112. The third kappa shape index (κ3) is 3.46. The third-order valence-electron chi connectivity index (χ3n) is 2.43. The minimum Gasteiger partial charge on any atom is -0.324 e. The van der Waals surface area contributed by atoms with E-state index in [2.05, 4.69) is 0 Å². The molecule has 90 valence electrons. The van der Waals surface area contributed by atoms with Crippen LogP contribution in [0, 0.1) is 0 Å². The molecule has 1 aromatic rings. The molecular formula is C14H23NO. The summed E-state index contributed by atoms with van der Waals surface area (Å²) in [5.41, 5.74) is 9.05. The second-order valence-electron chi connectivity index (χ2n) is 3.22. The fourth-order valence-corrected chi connectivity index (χ4v) is 1.74. The molecule has 0 spiro atoms. The highest BCUT2D eigenvalue weighted by Crippen LogP contribution is 2.29. The van der Waals surface area contributed by atoms with Crippen LogP contribution in [0.1, 0.15) is 61.6 Å². The average Bonchev–Trinajstić information content (AvgIpc) is 2.75. The summed E-state index contributed by atoms with van der Waals surface area (Å²) < 4.78 is 0. The van der Waals surface area contributed by atoms with Crippen molar-refractivity contribution in [3.8, 4) is 0 Å². The van der Waals surface area contributed by atoms with Gasteiger partial charge in [0.05, 0.1) is 0 Å². The Morgan fingerprint density at radius 2 is 1.88 bits per heavy atom. The maximum atomic E-state index is 10.5. The summed E-state index contributed by atoms with van der Waals surface area (Å²) in [5.74, 6) is 0. The molecule has 0 fully saturated rings. The Hall–Kier alpha value is -1.15. The Balaban J connectivity index is 0.000000509. The van der Waals surface area contributed by atoms with Crippen LogP contribution in [0.4, 0.5) is 0 Å².